The molecule has 0 bridgehead atoms. The van der Waals surface area contributed by atoms with Crippen LogP contribution < -0.4 is 0 Å². The summed E-state index contributed by atoms with van der Waals surface area (Å²) in [5.41, 5.74) is 0.913. The summed E-state index contributed by atoms with van der Waals surface area (Å²) in [5.74, 6) is 0. The van der Waals surface area contributed by atoms with Gasteiger partial charge < -0.3 is 0 Å². The summed E-state index contributed by atoms with van der Waals surface area (Å²) in [7, 11) is 0. The Morgan fingerprint density at radius 2 is 1.64 bits per heavy atom. The van der Waals surface area contributed by atoms with Crippen LogP contribution in [-0.2, 0) is 6.18 Å². The van der Waals surface area contributed by atoms with Gasteiger partial charge in [0, 0.05) is 17.7 Å². The van der Waals surface area contributed by atoms with Gasteiger partial charge in [-0.3, -0.25) is 10.1 Å². The maximum absolute atomic E-state index is 13.1. The molecular weight excluding hydrogens is 335 g/mol. The van der Waals surface area contributed by atoms with Crippen molar-refractivity contribution in [2.45, 2.75) is 13.1 Å². The average Bonchev–Trinajstić information content (AvgIpc) is 3.01. The van der Waals surface area contributed by atoms with E-state index in [0.29, 0.717) is 11.3 Å². The zero-order valence-electron chi connectivity index (χ0n) is 13.0. The smallest absolute Gasteiger partial charge is 0.258 e. The number of halogens is 3. The molecule has 5 nitrogen and oxygen atoms in total. The molecule has 0 amide bonds. The lowest BCUT2D eigenvalue weighted by atomic mass is 10.1. The van der Waals surface area contributed by atoms with Crippen LogP contribution in [0.3, 0.4) is 0 Å². The predicted molar refractivity (Wildman–Crippen MR) is 85.4 cm³/mol. The summed E-state index contributed by atoms with van der Waals surface area (Å²) in [6, 6.07) is 13.1. The first-order valence-corrected chi connectivity index (χ1v) is 7.25. The molecule has 0 N–H and O–H groups in total. The van der Waals surface area contributed by atoms with Crippen LogP contribution in [0.15, 0.2) is 54.6 Å². The zero-order valence-corrected chi connectivity index (χ0v) is 13.0. The summed E-state index contributed by atoms with van der Waals surface area (Å²) < 4.78 is 40.4. The van der Waals surface area contributed by atoms with Gasteiger partial charge in [0.1, 0.15) is 0 Å². The van der Waals surface area contributed by atoms with Gasteiger partial charge in [-0.2, -0.15) is 18.3 Å². The SMILES string of the molecule is Cc1ccc(-c2cc(C(F)(F)F)nn2-c2ccc([N+](=O)[O-])cc2)cc1. The molecule has 128 valence electrons. The third-order valence-corrected chi connectivity index (χ3v) is 3.65. The van der Waals surface area contributed by atoms with Crippen molar-refractivity contribution >= 4 is 5.69 Å². The number of rotatable bonds is 3. The molecule has 0 saturated carbocycles. The van der Waals surface area contributed by atoms with Crippen LogP contribution in [0, 0.1) is 17.0 Å². The number of nitrogens with zero attached hydrogens (tertiary/aromatic N) is 3. The number of hydrogen-bond donors (Lipinski definition) is 0. The van der Waals surface area contributed by atoms with Gasteiger partial charge in [-0.05, 0) is 25.1 Å². The maximum Gasteiger partial charge on any atom is 0.435 e. The van der Waals surface area contributed by atoms with Crippen molar-refractivity contribution in [3.8, 4) is 16.9 Å². The van der Waals surface area contributed by atoms with E-state index in [1.54, 1.807) is 24.3 Å². The lowest BCUT2D eigenvalue weighted by Gasteiger charge is -2.08. The minimum Gasteiger partial charge on any atom is -0.258 e. The molecule has 0 aliphatic carbocycles. The Balaban J connectivity index is 2.15. The minimum absolute atomic E-state index is 0.149. The zero-order chi connectivity index (χ0) is 18.2. The van der Waals surface area contributed by atoms with E-state index in [9.17, 15) is 23.3 Å². The van der Waals surface area contributed by atoms with E-state index in [1.165, 1.54) is 24.3 Å². The van der Waals surface area contributed by atoms with E-state index in [-0.39, 0.29) is 11.4 Å². The molecule has 0 unspecified atom stereocenters. The summed E-state index contributed by atoms with van der Waals surface area (Å²) in [4.78, 5) is 10.2. The summed E-state index contributed by atoms with van der Waals surface area (Å²) in [6.45, 7) is 1.87. The molecule has 8 heteroatoms. The quantitative estimate of drug-likeness (QED) is 0.506. The number of aromatic nitrogens is 2. The van der Waals surface area contributed by atoms with Crippen LogP contribution in [0.25, 0.3) is 16.9 Å². The number of nitro benzene ring substituents is 1. The van der Waals surface area contributed by atoms with Crippen LogP contribution in [0.5, 0.6) is 0 Å². The first kappa shape index (κ1) is 16.7. The van der Waals surface area contributed by atoms with Crippen LogP contribution >= 0.6 is 0 Å². The average molecular weight is 347 g/mol. The molecule has 1 heterocycles. The Morgan fingerprint density at radius 3 is 2.16 bits per heavy atom. The molecule has 3 aromatic rings. The molecule has 0 fully saturated rings. The number of non-ortho nitro benzene ring substituents is 1. The van der Waals surface area contributed by atoms with Gasteiger partial charge in [0.05, 0.1) is 16.3 Å². The fraction of sp³-hybridized carbons (Fsp3) is 0.118. The molecule has 2 aromatic carbocycles. The number of aryl methyl sites for hydroxylation is 1. The molecular formula is C17H12F3N3O2. The molecule has 25 heavy (non-hydrogen) atoms. The number of benzene rings is 2. The van der Waals surface area contributed by atoms with E-state index < -0.39 is 16.8 Å². The molecule has 0 spiro atoms. The van der Waals surface area contributed by atoms with E-state index in [4.69, 9.17) is 0 Å². The van der Waals surface area contributed by atoms with Crippen LogP contribution in [0.2, 0.25) is 0 Å². The van der Waals surface area contributed by atoms with Gasteiger partial charge in [0.15, 0.2) is 5.69 Å². The van der Waals surface area contributed by atoms with Crippen LogP contribution in [0.1, 0.15) is 11.3 Å². The maximum atomic E-state index is 13.1. The van der Waals surface area contributed by atoms with Crippen molar-refractivity contribution in [3.05, 3.63) is 76.0 Å². The van der Waals surface area contributed by atoms with Gasteiger partial charge in [-0.25, -0.2) is 4.68 Å². The lowest BCUT2D eigenvalue weighted by Crippen LogP contribution is -2.07. The highest BCUT2D eigenvalue weighted by Crippen LogP contribution is 2.33. The van der Waals surface area contributed by atoms with Crippen molar-refractivity contribution in [1.82, 2.24) is 9.78 Å². The monoisotopic (exact) mass is 347 g/mol. The first-order valence-electron chi connectivity index (χ1n) is 7.25. The van der Waals surface area contributed by atoms with Gasteiger partial charge in [0.25, 0.3) is 5.69 Å². The van der Waals surface area contributed by atoms with E-state index in [1.807, 2.05) is 6.92 Å². The topological polar surface area (TPSA) is 61.0 Å². The predicted octanol–water partition coefficient (Wildman–Crippen LogP) is 4.77. The largest absolute Gasteiger partial charge is 0.435 e. The second-order valence-electron chi connectivity index (χ2n) is 5.46. The van der Waals surface area contributed by atoms with Gasteiger partial charge in [-0.15, -0.1) is 0 Å². The van der Waals surface area contributed by atoms with E-state index >= 15 is 0 Å². The second kappa shape index (κ2) is 6.04. The van der Waals surface area contributed by atoms with Crippen molar-refractivity contribution in [2.24, 2.45) is 0 Å². The highest BCUT2D eigenvalue weighted by molar-refractivity contribution is 5.63. The standard InChI is InChI=1S/C17H12F3N3O2/c1-11-2-4-12(5-3-11)15-10-16(17(18,19)20)21-22(15)13-6-8-14(9-7-13)23(24)25/h2-10H,1H3. The van der Waals surface area contributed by atoms with Crippen molar-refractivity contribution in [1.29, 1.82) is 0 Å². The van der Waals surface area contributed by atoms with Gasteiger partial charge in [-0.1, -0.05) is 29.8 Å². The third kappa shape index (κ3) is 3.37. The minimum atomic E-state index is -4.59. The molecule has 1 aromatic heterocycles. The van der Waals surface area contributed by atoms with Crippen LogP contribution in [-0.4, -0.2) is 14.7 Å². The Hall–Kier alpha value is -3.16. The van der Waals surface area contributed by atoms with Crippen LogP contribution in [0.4, 0.5) is 18.9 Å². The Labute approximate surface area is 140 Å². The van der Waals surface area contributed by atoms with Gasteiger partial charge in [0.2, 0.25) is 0 Å². The third-order valence-electron chi connectivity index (χ3n) is 3.65. The molecule has 0 radical (unpaired) electrons. The molecule has 0 saturated heterocycles. The Kier molecular flexibility index (Phi) is 4.03. The molecule has 0 aliphatic rings. The number of hydrogen-bond acceptors (Lipinski definition) is 3. The second-order valence-corrected chi connectivity index (χ2v) is 5.46. The Bertz CT molecular complexity index is 914. The number of nitro groups is 1. The first-order chi connectivity index (χ1) is 11.8. The molecule has 3 rings (SSSR count). The fourth-order valence-electron chi connectivity index (χ4n) is 2.36. The Morgan fingerprint density at radius 1 is 1.04 bits per heavy atom. The fourth-order valence-corrected chi connectivity index (χ4v) is 2.36. The highest BCUT2D eigenvalue weighted by atomic mass is 19.4. The highest BCUT2D eigenvalue weighted by Gasteiger charge is 2.35. The van der Waals surface area contributed by atoms with Crippen molar-refractivity contribution in [2.75, 3.05) is 0 Å². The summed E-state index contributed by atoms with van der Waals surface area (Å²) in [5, 5.41) is 14.4. The van der Waals surface area contributed by atoms with Crippen molar-refractivity contribution < 1.29 is 18.1 Å². The normalized spacial score (nSPS) is 11.5. The lowest BCUT2D eigenvalue weighted by molar-refractivity contribution is -0.384. The van der Waals surface area contributed by atoms with Crippen molar-refractivity contribution in [3.63, 3.8) is 0 Å². The summed E-state index contributed by atoms with van der Waals surface area (Å²) >= 11 is 0. The molecule has 0 aliphatic heterocycles. The number of alkyl halides is 3. The summed E-state index contributed by atoms with van der Waals surface area (Å²) in [6.07, 6.45) is -4.59. The van der Waals surface area contributed by atoms with E-state index in [2.05, 4.69) is 5.10 Å². The molecule has 0 atom stereocenters. The van der Waals surface area contributed by atoms with E-state index in [0.717, 1.165) is 16.3 Å². The van der Waals surface area contributed by atoms with Gasteiger partial charge >= 0.3 is 6.18 Å².